The molecule has 1 heterocycles. The van der Waals surface area contributed by atoms with Crippen molar-refractivity contribution in [1.29, 1.82) is 0 Å². The Balaban J connectivity index is 1.91. The number of nitrogens with one attached hydrogen (secondary N) is 1. The number of nitrogens with zero attached hydrogens (tertiary/aromatic N) is 2. The third-order valence-corrected chi connectivity index (χ3v) is 4.60. The lowest BCUT2D eigenvalue weighted by Gasteiger charge is -2.13. The first-order valence-corrected chi connectivity index (χ1v) is 8.17. The van der Waals surface area contributed by atoms with E-state index < -0.39 is 0 Å². The number of aryl methyl sites for hydroxylation is 5. The molecule has 0 atom stereocenters. The summed E-state index contributed by atoms with van der Waals surface area (Å²) in [4.78, 5) is 17.2. The minimum absolute atomic E-state index is 0.0342. The molecule has 0 fully saturated rings. The standard InChI is InChI=1S/C20H23N3O/c1-12-7-6-8-13(2)20(12)22-19(24)11-23-16(5)21-17-9-14(3)15(4)10-18(17)23/h6-10H,11H2,1-5H3,(H,22,24). The second-order valence-corrected chi connectivity index (χ2v) is 6.49. The molecule has 0 saturated heterocycles. The van der Waals surface area contributed by atoms with Gasteiger partial charge in [-0.1, -0.05) is 18.2 Å². The summed E-state index contributed by atoms with van der Waals surface area (Å²) in [5.41, 5.74) is 7.41. The number of carbonyl (C=O) groups is 1. The minimum atomic E-state index is -0.0342. The first-order valence-electron chi connectivity index (χ1n) is 8.17. The summed E-state index contributed by atoms with van der Waals surface area (Å²) in [5.74, 6) is 0.819. The molecule has 3 rings (SSSR count). The molecule has 0 bridgehead atoms. The number of anilines is 1. The lowest BCUT2D eigenvalue weighted by molar-refractivity contribution is -0.116. The van der Waals surface area contributed by atoms with Gasteiger partial charge in [-0.15, -0.1) is 0 Å². The minimum Gasteiger partial charge on any atom is -0.324 e. The van der Waals surface area contributed by atoms with Crippen LogP contribution in [0.4, 0.5) is 5.69 Å². The van der Waals surface area contributed by atoms with Crippen molar-refractivity contribution >= 4 is 22.6 Å². The van der Waals surface area contributed by atoms with E-state index in [4.69, 9.17) is 0 Å². The second kappa shape index (κ2) is 6.11. The molecule has 1 N–H and O–H groups in total. The van der Waals surface area contributed by atoms with Crippen molar-refractivity contribution in [2.45, 2.75) is 41.2 Å². The lowest BCUT2D eigenvalue weighted by atomic mass is 10.1. The van der Waals surface area contributed by atoms with E-state index in [1.54, 1.807) is 0 Å². The highest BCUT2D eigenvalue weighted by Gasteiger charge is 2.13. The average Bonchev–Trinajstić information content (AvgIpc) is 2.79. The quantitative estimate of drug-likeness (QED) is 0.785. The van der Waals surface area contributed by atoms with Gasteiger partial charge in [0.05, 0.1) is 11.0 Å². The Morgan fingerprint density at radius 3 is 2.29 bits per heavy atom. The molecule has 0 saturated carbocycles. The maximum absolute atomic E-state index is 12.6. The van der Waals surface area contributed by atoms with E-state index in [1.807, 2.05) is 43.5 Å². The first kappa shape index (κ1) is 16.2. The molecular weight excluding hydrogens is 298 g/mol. The van der Waals surface area contributed by atoms with Crippen molar-refractivity contribution in [2.75, 3.05) is 5.32 Å². The Kier molecular flexibility index (Phi) is 4.14. The van der Waals surface area contributed by atoms with Crippen molar-refractivity contribution in [3.63, 3.8) is 0 Å². The molecule has 2 aromatic carbocycles. The van der Waals surface area contributed by atoms with Crippen LogP contribution in [0.1, 0.15) is 28.1 Å². The van der Waals surface area contributed by atoms with Crippen LogP contribution >= 0.6 is 0 Å². The van der Waals surface area contributed by atoms with Gasteiger partial charge in [0.25, 0.3) is 0 Å². The van der Waals surface area contributed by atoms with Crippen molar-refractivity contribution in [1.82, 2.24) is 9.55 Å². The van der Waals surface area contributed by atoms with Gasteiger partial charge in [0.2, 0.25) is 5.91 Å². The molecule has 4 nitrogen and oxygen atoms in total. The summed E-state index contributed by atoms with van der Waals surface area (Å²) in [6.45, 7) is 10.4. The molecule has 1 aromatic heterocycles. The number of benzene rings is 2. The highest BCUT2D eigenvalue weighted by atomic mass is 16.1. The average molecular weight is 321 g/mol. The summed E-state index contributed by atoms with van der Waals surface area (Å²) in [7, 11) is 0. The van der Waals surface area contributed by atoms with Crippen LogP contribution in [-0.2, 0) is 11.3 Å². The van der Waals surface area contributed by atoms with Crippen molar-refractivity contribution in [2.24, 2.45) is 0 Å². The lowest BCUT2D eigenvalue weighted by Crippen LogP contribution is -2.20. The van der Waals surface area contributed by atoms with E-state index in [1.165, 1.54) is 11.1 Å². The van der Waals surface area contributed by atoms with Crippen LogP contribution in [0.2, 0.25) is 0 Å². The SMILES string of the molecule is Cc1cc2nc(C)n(CC(=O)Nc3c(C)cccc3C)c2cc1C. The molecule has 124 valence electrons. The van der Waals surface area contributed by atoms with E-state index in [9.17, 15) is 4.79 Å². The Labute approximate surface area is 142 Å². The summed E-state index contributed by atoms with van der Waals surface area (Å²) in [6, 6.07) is 10.2. The zero-order valence-electron chi connectivity index (χ0n) is 14.9. The van der Waals surface area contributed by atoms with Crippen molar-refractivity contribution in [3.05, 3.63) is 58.4 Å². The van der Waals surface area contributed by atoms with Crippen LogP contribution in [0, 0.1) is 34.6 Å². The number of carbonyl (C=O) groups excluding carboxylic acids is 1. The normalized spacial score (nSPS) is 11.0. The van der Waals surface area contributed by atoms with Gasteiger partial charge in [0.15, 0.2) is 0 Å². The number of imidazole rings is 1. The largest absolute Gasteiger partial charge is 0.324 e. The van der Waals surface area contributed by atoms with Crippen LogP contribution in [0.15, 0.2) is 30.3 Å². The summed E-state index contributed by atoms with van der Waals surface area (Å²) < 4.78 is 1.98. The predicted molar refractivity (Wildman–Crippen MR) is 98.5 cm³/mol. The summed E-state index contributed by atoms with van der Waals surface area (Å²) in [5, 5.41) is 3.05. The molecule has 3 aromatic rings. The molecule has 0 aliphatic carbocycles. The highest BCUT2D eigenvalue weighted by Crippen LogP contribution is 2.22. The fraction of sp³-hybridized carbons (Fsp3) is 0.300. The molecule has 1 amide bonds. The molecule has 0 aliphatic heterocycles. The van der Waals surface area contributed by atoms with Crippen LogP contribution < -0.4 is 5.32 Å². The van der Waals surface area contributed by atoms with Crippen LogP contribution in [0.3, 0.4) is 0 Å². The Morgan fingerprint density at radius 2 is 1.62 bits per heavy atom. The fourth-order valence-corrected chi connectivity index (χ4v) is 3.03. The summed E-state index contributed by atoms with van der Waals surface area (Å²) >= 11 is 0. The second-order valence-electron chi connectivity index (χ2n) is 6.49. The van der Waals surface area contributed by atoms with Gasteiger partial charge in [0, 0.05) is 5.69 Å². The van der Waals surface area contributed by atoms with Crippen molar-refractivity contribution < 1.29 is 4.79 Å². The number of fused-ring (bicyclic) bond motifs is 1. The van der Waals surface area contributed by atoms with Gasteiger partial charge in [-0.3, -0.25) is 4.79 Å². The topological polar surface area (TPSA) is 46.9 Å². The summed E-state index contributed by atoms with van der Waals surface area (Å²) in [6.07, 6.45) is 0. The van der Waals surface area contributed by atoms with E-state index >= 15 is 0 Å². The smallest absolute Gasteiger partial charge is 0.244 e. The first-order chi connectivity index (χ1) is 11.4. The van der Waals surface area contributed by atoms with Gasteiger partial charge in [0.1, 0.15) is 12.4 Å². The van der Waals surface area contributed by atoms with Gasteiger partial charge < -0.3 is 9.88 Å². The number of rotatable bonds is 3. The number of hydrogen-bond acceptors (Lipinski definition) is 2. The number of amides is 1. The molecular formula is C20H23N3O. The fourth-order valence-electron chi connectivity index (χ4n) is 3.03. The number of aromatic nitrogens is 2. The molecule has 4 heteroatoms. The highest BCUT2D eigenvalue weighted by molar-refractivity contribution is 5.93. The van der Waals surface area contributed by atoms with Gasteiger partial charge in [-0.2, -0.15) is 0 Å². The van der Waals surface area contributed by atoms with E-state index in [2.05, 4.69) is 36.3 Å². The Hall–Kier alpha value is -2.62. The zero-order valence-corrected chi connectivity index (χ0v) is 14.9. The third kappa shape index (κ3) is 2.92. The van der Waals surface area contributed by atoms with Gasteiger partial charge >= 0.3 is 0 Å². The molecule has 0 aliphatic rings. The Morgan fingerprint density at radius 1 is 1.00 bits per heavy atom. The molecule has 0 radical (unpaired) electrons. The number of para-hydroxylation sites is 1. The van der Waals surface area contributed by atoms with E-state index in [0.717, 1.165) is 33.7 Å². The maximum Gasteiger partial charge on any atom is 0.244 e. The zero-order chi connectivity index (χ0) is 17.4. The van der Waals surface area contributed by atoms with Crippen LogP contribution in [0.5, 0.6) is 0 Å². The van der Waals surface area contributed by atoms with E-state index in [0.29, 0.717) is 0 Å². The predicted octanol–water partition coefficient (Wildman–Crippen LogP) is 4.22. The van der Waals surface area contributed by atoms with Crippen LogP contribution in [-0.4, -0.2) is 15.5 Å². The van der Waals surface area contributed by atoms with Crippen LogP contribution in [0.25, 0.3) is 11.0 Å². The third-order valence-electron chi connectivity index (χ3n) is 4.60. The molecule has 0 unspecified atom stereocenters. The maximum atomic E-state index is 12.6. The molecule has 24 heavy (non-hydrogen) atoms. The van der Waals surface area contributed by atoms with Crippen molar-refractivity contribution in [3.8, 4) is 0 Å². The molecule has 0 spiro atoms. The van der Waals surface area contributed by atoms with Gasteiger partial charge in [-0.25, -0.2) is 4.98 Å². The van der Waals surface area contributed by atoms with E-state index in [-0.39, 0.29) is 12.5 Å². The number of hydrogen-bond donors (Lipinski definition) is 1. The van der Waals surface area contributed by atoms with Gasteiger partial charge in [-0.05, 0) is 69.0 Å². The Bertz CT molecular complexity index is 917. The monoisotopic (exact) mass is 321 g/mol.